The Balaban J connectivity index is 1.80. The Morgan fingerprint density at radius 2 is 2.18 bits per heavy atom. The van der Waals surface area contributed by atoms with Gasteiger partial charge in [-0.3, -0.25) is 4.99 Å². The molecular formula is C17H29N3OS. The second kappa shape index (κ2) is 8.53. The van der Waals surface area contributed by atoms with Crippen LogP contribution in [0, 0.1) is 5.92 Å². The molecule has 0 aliphatic heterocycles. The van der Waals surface area contributed by atoms with Crippen LogP contribution in [0.15, 0.2) is 22.5 Å². The Morgan fingerprint density at radius 1 is 1.41 bits per heavy atom. The van der Waals surface area contributed by atoms with Gasteiger partial charge in [-0.25, -0.2) is 0 Å². The van der Waals surface area contributed by atoms with Crippen molar-refractivity contribution in [2.24, 2.45) is 10.9 Å². The summed E-state index contributed by atoms with van der Waals surface area (Å²) in [5.74, 6) is 1.37. The molecule has 0 bridgehead atoms. The standard InChI is InChI=1S/C17H29N3OS/c1-3-18-16(20-13-17(21)8-4-5-9-17)19-12-14(2)11-15-7-6-10-22-15/h6-7,10,14,21H,3-5,8-9,11-13H2,1-2H3,(H2,18,19,20). The molecule has 0 saturated heterocycles. The number of aliphatic hydroxyl groups is 1. The minimum Gasteiger partial charge on any atom is -0.388 e. The zero-order valence-corrected chi connectivity index (χ0v) is 14.6. The summed E-state index contributed by atoms with van der Waals surface area (Å²) in [5.41, 5.74) is -0.578. The minimum absolute atomic E-state index is 0.502. The lowest BCUT2D eigenvalue weighted by Crippen LogP contribution is -2.41. The summed E-state index contributed by atoms with van der Waals surface area (Å²) in [4.78, 5) is 6.01. The van der Waals surface area contributed by atoms with Crippen LogP contribution in [0.2, 0.25) is 0 Å². The van der Waals surface area contributed by atoms with Gasteiger partial charge in [-0.05, 0) is 43.6 Å². The van der Waals surface area contributed by atoms with Crippen molar-refractivity contribution in [3.8, 4) is 0 Å². The van der Waals surface area contributed by atoms with Crippen LogP contribution in [-0.2, 0) is 6.42 Å². The molecule has 1 heterocycles. The van der Waals surface area contributed by atoms with Crippen molar-refractivity contribution < 1.29 is 5.11 Å². The summed E-state index contributed by atoms with van der Waals surface area (Å²) in [5, 5.41) is 19.2. The minimum atomic E-state index is -0.578. The number of rotatable bonds is 7. The summed E-state index contributed by atoms with van der Waals surface area (Å²) in [6, 6.07) is 4.30. The maximum atomic E-state index is 10.4. The average Bonchev–Trinajstić information content (AvgIpc) is 3.14. The third-order valence-electron chi connectivity index (χ3n) is 4.16. The van der Waals surface area contributed by atoms with Crippen LogP contribution in [0.1, 0.15) is 44.4 Å². The summed E-state index contributed by atoms with van der Waals surface area (Å²) in [6.45, 7) is 6.55. The van der Waals surface area contributed by atoms with Gasteiger partial charge in [0.05, 0.1) is 12.1 Å². The molecule has 2 rings (SSSR count). The van der Waals surface area contributed by atoms with E-state index in [1.807, 2.05) is 11.3 Å². The molecule has 0 aromatic carbocycles. The molecule has 5 heteroatoms. The highest BCUT2D eigenvalue weighted by Gasteiger charge is 2.30. The number of nitrogens with one attached hydrogen (secondary N) is 2. The fraction of sp³-hybridized carbons (Fsp3) is 0.706. The smallest absolute Gasteiger partial charge is 0.191 e. The lowest BCUT2D eigenvalue weighted by atomic mass is 10.0. The van der Waals surface area contributed by atoms with Gasteiger partial charge in [-0.15, -0.1) is 11.3 Å². The number of nitrogens with zero attached hydrogens (tertiary/aromatic N) is 1. The van der Waals surface area contributed by atoms with Crippen LogP contribution in [-0.4, -0.2) is 36.3 Å². The van der Waals surface area contributed by atoms with E-state index in [-0.39, 0.29) is 0 Å². The Kier molecular flexibility index (Phi) is 6.70. The average molecular weight is 324 g/mol. The molecule has 1 aliphatic rings. The zero-order chi connectivity index (χ0) is 15.8. The summed E-state index contributed by atoms with van der Waals surface area (Å²) >= 11 is 1.82. The first kappa shape index (κ1) is 17.3. The van der Waals surface area contributed by atoms with E-state index in [0.29, 0.717) is 12.5 Å². The molecule has 0 radical (unpaired) electrons. The van der Waals surface area contributed by atoms with E-state index in [0.717, 1.165) is 51.2 Å². The van der Waals surface area contributed by atoms with Gasteiger partial charge >= 0.3 is 0 Å². The summed E-state index contributed by atoms with van der Waals surface area (Å²) < 4.78 is 0. The fourth-order valence-corrected chi connectivity index (χ4v) is 3.74. The number of hydrogen-bond donors (Lipinski definition) is 3. The third-order valence-corrected chi connectivity index (χ3v) is 5.06. The van der Waals surface area contributed by atoms with E-state index in [1.165, 1.54) is 4.88 Å². The van der Waals surface area contributed by atoms with Crippen LogP contribution >= 0.6 is 11.3 Å². The van der Waals surface area contributed by atoms with Crippen LogP contribution in [0.3, 0.4) is 0 Å². The molecule has 1 saturated carbocycles. The fourth-order valence-electron chi connectivity index (χ4n) is 2.87. The first-order valence-electron chi connectivity index (χ1n) is 8.38. The van der Waals surface area contributed by atoms with E-state index in [4.69, 9.17) is 0 Å². The SMILES string of the molecule is CCNC(=NCC1(O)CCCC1)NCC(C)Cc1cccs1. The Bertz CT molecular complexity index is 452. The van der Waals surface area contributed by atoms with Crippen LogP contribution in [0.4, 0.5) is 0 Å². The second-order valence-electron chi connectivity index (χ2n) is 6.40. The maximum Gasteiger partial charge on any atom is 0.191 e. The van der Waals surface area contributed by atoms with Crippen molar-refractivity contribution in [2.75, 3.05) is 19.6 Å². The molecule has 124 valence electrons. The molecule has 4 nitrogen and oxygen atoms in total. The zero-order valence-electron chi connectivity index (χ0n) is 13.8. The van der Waals surface area contributed by atoms with Gasteiger partial charge in [-0.1, -0.05) is 25.8 Å². The first-order valence-corrected chi connectivity index (χ1v) is 9.26. The van der Waals surface area contributed by atoms with E-state index in [9.17, 15) is 5.11 Å². The quantitative estimate of drug-likeness (QED) is 0.534. The molecule has 22 heavy (non-hydrogen) atoms. The largest absolute Gasteiger partial charge is 0.388 e. The van der Waals surface area contributed by atoms with Gasteiger partial charge in [0.25, 0.3) is 0 Å². The van der Waals surface area contributed by atoms with Crippen molar-refractivity contribution in [1.29, 1.82) is 0 Å². The molecule has 0 spiro atoms. The highest BCUT2D eigenvalue weighted by molar-refractivity contribution is 7.09. The predicted octanol–water partition coefficient (Wildman–Crippen LogP) is 2.79. The summed E-state index contributed by atoms with van der Waals surface area (Å²) in [7, 11) is 0. The highest BCUT2D eigenvalue weighted by Crippen LogP contribution is 2.29. The molecule has 1 aromatic rings. The first-order chi connectivity index (χ1) is 10.6. The van der Waals surface area contributed by atoms with Gasteiger partial charge in [0.1, 0.15) is 0 Å². The number of guanidine groups is 1. The molecule has 1 aliphatic carbocycles. The van der Waals surface area contributed by atoms with Gasteiger partial charge in [0.2, 0.25) is 0 Å². The van der Waals surface area contributed by atoms with Crippen molar-refractivity contribution in [2.45, 2.75) is 51.6 Å². The number of hydrogen-bond acceptors (Lipinski definition) is 3. The Morgan fingerprint density at radius 3 is 2.82 bits per heavy atom. The van der Waals surface area contributed by atoms with Gasteiger partial charge in [0, 0.05) is 18.0 Å². The molecule has 1 atom stereocenters. The molecule has 0 amide bonds. The van der Waals surface area contributed by atoms with E-state index < -0.39 is 5.60 Å². The Hall–Kier alpha value is -1.07. The normalized spacial score (nSPS) is 19.1. The van der Waals surface area contributed by atoms with Crippen molar-refractivity contribution in [3.05, 3.63) is 22.4 Å². The molecule has 3 N–H and O–H groups in total. The monoisotopic (exact) mass is 323 g/mol. The molecule has 1 aromatic heterocycles. The Labute approximate surface area is 138 Å². The van der Waals surface area contributed by atoms with Gasteiger partial charge < -0.3 is 15.7 Å². The highest BCUT2D eigenvalue weighted by atomic mass is 32.1. The van der Waals surface area contributed by atoms with Crippen LogP contribution in [0.5, 0.6) is 0 Å². The lowest BCUT2D eigenvalue weighted by Gasteiger charge is -2.21. The molecular weight excluding hydrogens is 294 g/mol. The van der Waals surface area contributed by atoms with Crippen molar-refractivity contribution in [3.63, 3.8) is 0 Å². The maximum absolute atomic E-state index is 10.4. The van der Waals surface area contributed by atoms with Crippen LogP contribution in [0.25, 0.3) is 0 Å². The van der Waals surface area contributed by atoms with E-state index in [2.05, 4.69) is 47.0 Å². The van der Waals surface area contributed by atoms with Gasteiger partial charge in [-0.2, -0.15) is 0 Å². The van der Waals surface area contributed by atoms with Crippen molar-refractivity contribution in [1.82, 2.24) is 10.6 Å². The topological polar surface area (TPSA) is 56.7 Å². The van der Waals surface area contributed by atoms with E-state index in [1.54, 1.807) is 0 Å². The third kappa shape index (κ3) is 5.61. The lowest BCUT2D eigenvalue weighted by molar-refractivity contribution is 0.0574. The van der Waals surface area contributed by atoms with Crippen molar-refractivity contribution >= 4 is 17.3 Å². The predicted molar refractivity (Wildman–Crippen MR) is 94.6 cm³/mol. The summed E-state index contributed by atoms with van der Waals surface area (Å²) in [6.07, 6.45) is 5.09. The van der Waals surface area contributed by atoms with E-state index >= 15 is 0 Å². The van der Waals surface area contributed by atoms with Crippen LogP contribution < -0.4 is 10.6 Å². The number of thiophene rings is 1. The number of aliphatic imine (C=N–C) groups is 1. The molecule has 1 unspecified atom stereocenters. The van der Waals surface area contributed by atoms with Gasteiger partial charge in [0.15, 0.2) is 5.96 Å². The second-order valence-corrected chi connectivity index (χ2v) is 7.43. The molecule has 1 fully saturated rings.